The highest BCUT2D eigenvalue weighted by Gasteiger charge is 2.20. The molecule has 4 heteroatoms. The van der Waals surface area contributed by atoms with Crippen molar-refractivity contribution in [1.82, 2.24) is 4.98 Å². The van der Waals surface area contributed by atoms with Crippen LogP contribution in [0.15, 0.2) is 30.5 Å². The Morgan fingerprint density at radius 1 is 1.21 bits per heavy atom. The van der Waals surface area contributed by atoms with Gasteiger partial charge in [-0.3, -0.25) is 0 Å². The first-order chi connectivity index (χ1) is 9.29. The lowest BCUT2D eigenvalue weighted by Crippen LogP contribution is -2.36. The first kappa shape index (κ1) is 12.2. The normalized spacial score (nSPS) is 16.8. The maximum absolute atomic E-state index is 9.60. The van der Waals surface area contributed by atoms with E-state index in [2.05, 4.69) is 16.0 Å². The molecule has 0 saturated carbocycles. The highest BCUT2D eigenvalue weighted by atomic mass is 16.5. The van der Waals surface area contributed by atoms with Crippen LogP contribution in [0.1, 0.15) is 12.8 Å². The summed E-state index contributed by atoms with van der Waals surface area (Å²) >= 11 is 0. The van der Waals surface area contributed by atoms with E-state index in [1.165, 1.54) is 0 Å². The lowest BCUT2D eigenvalue weighted by Gasteiger charge is -2.31. The van der Waals surface area contributed by atoms with Crippen molar-refractivity contribution in [3.05, 3.63) is 30.5 Å². The predicted molar refractivity (Wildman–Crippen MR) is 75.7 cm³/mol. The molecule has 2 aromatic rings. The van der Waals surface area contributed by atoms with E-state index >= 15 is 0 Å². The van der Waals surface area contributed by atoms with Crippen molar-refractivity contribution in [2.75, 3.05) is 25.1 Å². The third-order valence-electron chi connectivity index (χ3n) is 3.73. The fraction of sp³-hybridized carbons (Fsp3) is 0.400. The van der Waals surface area contributed by atoms with Crippen LogP contribution in [-0.2, 0) is 0 Å². The second kappa shape index (κ2) is 5.05. The van der Waals surface area contributed by atoms with Gasteiger partial charge in [0.25, 0.3) is 0 Å². The third-order valence-corrected chi connectivity index (χ3v) is 3.73. The summed E-state index contributed by atoms with van der Waals surface area (Å²) in [4.78, 5) is 6.76. The van der Waals surface area contributed by atoms with Crippen LogP contribution in [0.4, 0.5) is 5.82 Å². The molecule has 1 fully saturated rings. The summed E-state index contributed by atoms with van der Waals surface area (Å²) in [7, 11) is 1.69. The minimum Gasteiger partial charge on any atom is -0.496 e. The van der Waals surface area contributed by atoms with Gasteiger partial charge in [0, 0.05) is 30.1 Å². The molecule has 0 amide bonds. The van der Waals surface area contributed by atoms with Crippen LogP contribution in [0.3, 0.4) is 0 Å². The van der Waals surface area contributed by atoms with Gasteiger partial charge in [0.1, 0.15) is 11.6 Å². The summed E-state index contributed by atoms with van der Waals surface area (Å²) in [5.41, 5.74) is 0. The predicted octanol–water partition coefficient (Wildman–Crippen LogP) is 2.20. The number of hydrogen-bond acceptors (Lipinski definition) is 4. The number of nitrogens with zero attached hydrogens (tertiary/aromatic N) is 2. The monoisotopic (exact) mass is 258 g/mol. The van der Waals surface area contributed by atoms with Gasteiger partial charge in [-0.25, -0.2) is 4.98 Å². The molecule has 2 heterocycles. The first-order valence-corrected chi connectivity index (χ1v) is 6.64. The van der Waals surface area contributed by atoms with Gasteiger partial charge < -0.3 is 14.7 Å². The number of aliphatic hydroxyl groups excluding tert-OH is 1. The first-order valence-electron chi connectivity index (χ1n) is 6.64. The van der Waals surface area contributed by atoms with E-state index in [0.29, 0.717) is 0 Å². The SMILES string of the molecule is COc1cccc2c(N3CCC(O)CC3)nccc12. The number of pyridine rings is 1. The van der Waals surface area contributed by atoms with Crippen LogP contribution >= 0.6 is 0 Å². The Labute approximate surface area is 112 Å². The van der Waals surface area contributed by atoms with E-state index in [-0.39, 0.29) is 6.10 Å². The Morgan fingerprint density at radius 3 is 2.74 bits per heavy atom. The summed E-state index contributed by atoms with van der Waals surface area (Å²) in [6, 6.07) is 8.01. The molecule has 100 valence electrons. The average molecular weight is 258 g/mol. The number of aliphatic hydroxyl groups is 1. The fourth-order valence-electron chi connectivity index (χ4n) is 2.67. The lowest BCUT2D eigenvalue weighted by molar-refractivity contribution is 0.145. The number of fused-ring (bicyclic) bond motifs is 1. The van der Waals surface area contributed by atoms with E-state index in [1.807, 2.05) is 24.4 Å². The highest BCUT2D eigenvalue weighted by Crippen LogP contribution is 2.32. The van der Waals surface area contributed by atoms with E-state index in [9.17, 15) is 5.11 Å². The zero-order valence-electron chi connectivity index (χ0n) is 11.0. The Morgan fingerprint density at radius 2 is 2.00 bits per heavy atom. The molecule has 1 aromatic heterocycles. The van der Waals surface area contributed by atoms with Crippen LogP contribution in [0.5, 0.6) is 5.75 Å². The fourth-order valence-corrected chi connectivity index (χ4v) is 2.67. The van der Waals surface area contributed by atoms with Gasteiger partial charge in [0.2, 0.25) is 0 Å². The molecule has 1 aromatic carbocycles. The number of rotatable bonds is 2. The van der Waals surface area contributed by atoms with Gasteiger partial charge in [-0.1, -0.05) is 12.1 Å². The summed E-state index contributed by atoms with van der Waals surface area (Å²) in [5.74, 6) is 1.86. The van der Waals surface area contributed by atoms with E-state index in [4.69, 9.17) is 4.74 Å². The molecule has 1 aliphatic rings. The van der Waals surface area contributed by atoms with Crippen LogP contribution in [0.25, 0.3) is 10.8 Å². The molecular weight excluding hydrogens is 240 g/mol. The smallest absolute Gasteiger partial charge is 0.136 e. The van der Waals surface area contributed by atoms with Crippen molar-refractivity contribution >= 4 is 16.6 Å². The minimum atomic E-state index is -0.166. The zero-order valence-corrected chi connectivity index (χ0v) is 11.0. The van der Waals surface area contributed by atoms with Gasteiger partial charge in [0.15, 0.2) is 0 Å². The number of aromatic nitrogens is 1. The standard InChI is InChI=1S/C15H18N2O2/c1-19-14-4-2-3-13-12(14)5-8-16-15(13)17-9-6-11(18)7-10-17/h2-5,8,11,18H,6-7,9-10H2,1H3. The maximum Gasteiger partial charge on any atom is 0.136 e. The van der Waals surface area contributed by atoms with E-state index in [0.717, 1.165) is 48.3 Å². The summed E-state index contributed by atoms with van der Waals surface area (Å²) < 4.78 is 5.40. The van der Waals surface area contributed by atoms with E-state index < -0.39 is 0 Å². The van der Waals surface area contributed by atoms with Crippen molar-refractivity contribution < 1.29 is 9.84 Å². The molecule has 0 aliphatic carbocycles. The second-order valence-corrected chi connectivity index (χ2v) is 4.91. The molecule has 1 N–H and O–H groups in total. The molecule has 4 nitrogen and oxygen atoms in total. The average Bonchev–Trinajstić information content (AvgIpc) is 2.47. The summed E-state index contributed by atoms with van der Waals surface area (Å²) in [6.07, 6.45) is 3.27. The van der Waals surface area contributed by atoms with Crippen LogP contribution < -0.4 is 9.64 Å². The van der Waals surface area contributed by atoms with Crippen molar-refractivity contribution in [3.8, 4) is 5.75 Å². The molecule has 0 unspecified atom stereocenters. The number of piperidine rings is 1. The van der Waals surface area contributed by atoms with Crippen LogP contribution in [0, 0.1) is 0 Å². The number of methoxy groups -OCH3 is 1. The lowest BCUT2D eigenvalue weighted by atomic mass is 10.1. The van der Waals surface area contributed by atoms with E-state index in [1.54, 1.807) is 7.11 Å². The summed E-state index contributed by atoms with van der Waals surface area (Å²) in [6.45, 7) is 1.70. The van der Waals surface area contributed by atoms with Crippen molar-refractivity contribution in [3.63, 3.8) is 0 Å². The zero-order chi connectivity index (χ0) is 13.2. The topological polar surface area (TPSA) is 45.6 Å². The van der Waals surface area contributed by atoms with Crippen LogP contribution in [0.2, 0.25) is 0 Å². The molecular formula is C15H18N2O2. The number of hydrogen-bond donors (Lipinski definition) is 1. The molecule has 3 rings (SSSR count). The number of ether oxygens (including phenoxy) is 1. The molecule has 19 heavy (non-hydrogen) atoms. The Bertz CT molecular complexity index is 577. The minimum absolute atomic E-state index is 0.166. The van der Waals surface area contributed by atoms with Gasteiger partial charge >= 0.3 is 0 Å². The van der Waals surface area contributed by atoms with Crippen molar-refractivity contribution in [1.29, 1.82) is 0 Å². The van der Waals surface area contributed by atoms with Crippen molar-refractivity contribution in [2.45, 2.75) is 18.9 Å². The molecule has 0 bridgehead atoms. The Hall–Kier alpha value is -1.81. The number of anilines is 1. The van der Waals surface area contributed by atoms with Crippen LogP contribution in [-0.4, -0.2) is 36.4 Å². The quantitative estimate of drug-likeness (QED) is 0.897. The Kier molecular flexibility index (Phi) is 3.25. The van der Waals surface area contributed by atoms with Gasteiger partial charge in [0.05, 0.1) is 13.2 Å². The largest absolute Gasteiger partial charge is 0.496 e. The Balaban J connectivity index is 2.04. The second-order valence-electron chi connectivity index (χ2n) is 4.91. The molecule has 1 saturated heterocycles. The molecule has 1 aliphatic heterocycles. The van der Waals surface area contributed by atoms with Gasteiger partial charge in [-0.05, 0) is 25.0 Å². The van der Waals surface area contributed by atoms with Gasteiger partial charge in [-0.2, -0.15) is 0 Å². The third kappa shape index (κ3) is 2.24. The molecule has 0 spiro atoms. The molecule has 0 radical (unpaired) electrons. The van der Waals surface area contributed by atoms with Gasteiger partial charge in [-0.15, -0.1) is 0 Å². The van der Waals surface area contributed by atoms with Crippen molar-refractivity contribution in [2.24, 2.45) is 0 Å². The number of benzene rings is 1. The maximum atomic E-state index is 9.60. The summed E-state index contributed by atoms with van der Waals surface area (Å²) in [5, 5.41) is 11.8. The molecule has 0 atom stereocenters. The highest BCUT2D eigenvalue weighted by molar-refractivity contribution is 5.96.